The third kappa shape index (κ3) is 10.4. The van der Waals surface area contributed by atoms with Crippen molar-refractivity contribution in [2.24, 2.45) is 17.4 Å². The van der Waals surface area contributed by atoms with E-state index in [0.717, 1.165) is 0 Å². The molecule has 0 aliphatic heterocycles. The summed E-state index contributed by atoms with van der Waals surface area (Å²) < 4.78 is 0. The fraction of sp³-hybridized carbons (Fsp3) is 0.647. The van der Waals surface area contributed by atoms with Crippen molar-refractivity contribution in [2.75, 3.05) is 6.61 Å². The SMILES string of the molecule is CC(C)C(NC(=O)C(CC(N)=O)NC(=O)C(N)CO)C(=O)NC(CCC(=O)O)C(=O)O. The molecule has 0 aromatic carbocycles. The summed E-state index contributed by atoms with van der Waals surface area (Å²) in [6, 6.07) is -5.65. The molecule has 0 spiro atoms. The Morgan fingerprint density at radius 3 is 1.84 bits per heavy atom. The Labute approximate surface area is 177 Å². The van der Waals surface area contributed by atoms with Crippen molar-refractivity contribution >= 4 is 35.6 Å². The van der Waals surface area contributed by atoms with E-state index < -0.39 is 85.1 Å². The molecule has 0 bridgehead atoms. The number of carboxylic acid groups (broad SMARTS) is 2. The zero-order valence-electron chi connectivity index (χ0n) is 17.2. The van der Waals surface area contributed by atoms with Crippen LogP contribution in [0.5, 0.6) is 0 Å². The molecule has 10 N–H and O–H groups in total. The van der Waals surface area contributed by atoms with Gasteiger partial charge in [-0.25, -0.2) is 4.79 Å². The highest BCUT2D eigenvalue weighted by Crippen LogP contribution is 2.06. The van der Waals surface area contributed by atoms with Gasteiger partial charge in [-0.15, -0.1) is 0 Å². The fourth-order valence-electron chi connectivity index (χ4n) is 2.35. The van der Waals surface area contributed by atoms with Crippen LogP contribution >= 0.6 is 0 Å². The maximum Gasteiger partial charge on any atom is 0.326 e. The predicted octanol–water partition coefficient (Wildman–Crippen LogP) is -3.76. The number of nitrogens with two attached hydrogens (primary N) is 2. The minimum atomic E-state index is -1.51. The average molecular weight is 447 g/mol. The number of carbonyl (C=O) groups excluding carboxylic acids is 4. The van der Waals surface area contributed by atoms with Crippen LogP contribution in [0.1, 0.15) is 33.1 Å². The standard InChI is InChI=1S/C17H29N5O9/c1-7(2)13(16(29)20-9(17(30)31)3-4-12(25)26)22-15(28)10(5-11(19)24)21-14(27)8(18)6-23/h7-10,13,23H,3-6,18H2,1-2H3,(H2,19,24)(H,20,29)(H,21,27)(H,22,28)(H,25,26)(H,30,31). The second-order valence-corrected chi connectivity index (χ2v) is 7.08. The molecule has 4 amide bonds. The van der Waals surface area contributed by atoms with Crippen molar-refractivity contribution in [2.45, 2.75) is 57.3 Å². The van der Waals surface area contributed by atoms with Gasteiger partial charge < -0.3 is 42.7 Å². The largest absolute Gasteiger partial charge is 0.481 e. The molecule has 4 atom stereocenters. The van der Waals surface area contributed by atoms with Crippen LogP contribution in [-0.4, -0.2) is 81.7 Å². The van der Waals surface area contributed by atoms with Gasteiger partial charge in [0, 0.05) is 6.42 Å². The second-order valence-electron chi connectivity index (χ2n) is 7.08. The van der Waals surface area contributed by atoms with Gasteiger partial charge in [-0.05, 0) is 12.3 Å². The number of hydrogen-bond acceptors (Lipinski definition) is 8. The molecular weight excluding hydrogens is 418 g/mol. The lowest BCUT2D eigenvalue weighted by atomic mass is 10.0. The van der Waals surface area contributed by atoms with Crippen LogP contribution in [-0.2, 0) is 28.8 Å². The van der Waals surface area contributed by atoms with Gasteiger partial charge in [0.2, 0.25) is 23.6 Å². The summed E-state index contributed by atoms with van der Waals surface area (Å²) in [6.45, 7) is 2.36. The normalized spacial score (nSPS) is 14.6. The van der Waals surface area contributed by atoms with E-state index >= 15 is 0 Å². The highest BCUT2D eigenvalue weighted by Gasteiger charge is 2.32. The quantitative estimate of drug-likeness (QED) is 0.129. The number of rotatable bonds is 14. The molecule has 176 valence electrons. The molecule has 14 heteroatoms. The third-order valence-electron chi connectivity index (χ3n) is 4.08. The van der Waals surface area contributed by atoms with E-state index in [1.165, 1.54) is 0 Å². The summed E-state index contributed by atoms with van der Waals surface area (Å²) in [5, 5.41) is 33.4. The Morgan fingerprint density at radius 1 is 0.871 bits per heavy atom. The second kappa shape index (κ2) is 13.1. The fourth-order valence-corrected chi connectivity index (χ4v) is 2.35. The highest BCUT2D eigenvalue weighted by atomic mass is 16.4. The highest BCUT2D eigenvalue weighted by molar-refractivity contribution is 5.96. The molecule has 4 unspecified atom stereocenters. The first kappa shape index (κ1) is 27.7. The first-order chi connectivity index (χ1) is 14.3. The van der Waals surface area contributed by atoms with Gasteiger partial charge in [0.25, 0.3) is 0 Å². The first-order valence-electron chi connectivity index (χ1n) is 9.30. The molecule has 0 fully saturated rings. The number of amides is 4. The average Bonchev–Trinajstić information content (AvgIpc) is 2.66. The molecule has 0 radical (unpaired) electrons. The lowest BCUT2D eigenvalue weighted by Gasteiger charge is -2.26. The van der Waals surface area contributed by atoms with Crippen molar-refractivity contribution in [3.05, 3.63) is 0 Å². The van der Waals surface area contributed by atoms with Crippen LogP contribution in [0, 0.1) is 5.92 Å². The number of primary amides is 1. The minimum Gasteiger partial charge on any atom is -0.481 e. The molecule has 31 heavy (non-hydrogen) atoms. The Kier molecular flexibility index (Phi) is 11.7. The molecule has 0 aromatic heterocycles. The minimum absolute atomic E-state index is 0.380. The van der Waals surface area contributed by atoms with Crippen LogP contribution in [0.3, 0.4) is 0 Å². The summed E-state index contributed by atoms with van der Waals surface area (Å²) in [6.07, 6.45) is -1.51. The van der Waals surface area contributed by atoms with Crippen LogP contribution in [0.15, 0.2) is 0 Å². The molecule has 0 aliphatic rings. The molecule has 0 aliphatic carbocycles. The number of aliphatic hydroxyl groups is 1. The number of aliphatic hydroxyl groups excluding tert-OH is 1. The maximum absolute atomic E-state index is 12.6. The zero-order valence-corrected chi connectivity index (χ0v) is 17.2. The number of nitrogens with one attached hydrogen (secondary N) is 3. The van der Waals surface area contributed by atoms with Crippen LogP contribution in [0.2, 0.25) is 0 Å². The topological polar surface area (TPSA) is 251 Å². The lowest BCUT2D eigenvalue weighted by molar-refractivity contribution is -0.144. The van der Waals surface area contributed by atoms with Gasteiger partial charge in [0.05, 0.1) is 13.0 Å². The van der Waals surface area contributed by atoms with Crippen LogP contribution in [0.4, 0.5) is 0 Å². The molecule has 0 heterocycles. The monoisotopic (exact) mass is 447 g/mol. The van der Waals surface area contributed by atoms with Gasteiger partial charge in [0.15, 0.2) is 0 Å². The summed E-state index contributed by atoms with van der Waals surface area (Å²) in [4.78, 5) is 70.1. The molecule has 0 saturated heterocycles. The Balaban J connectivity index is 5.40. The van der Waals surface area contributed by atoms with Gasteiger partial charge in [-0.3, -0.25) is 24.0 Å². The van der Waals surface area contributed by atoms with Gasteiger partial charge in [0.1, 0.15) is 24.2 Å². The van der Waals surface area contributed by atoms with Crippen molar-refractivity contribution in [3.8, 4) is 0 Å². The van der Waals surface area contributed by atoms with Gasteiger partial charge >= 0.3 is 11.9 Å². The van der Waals surface area contributed by atoms with Crippen molar-refractivity contribution in [3.63, 3.8) is 0 Å². The predicted molar refractivity (Wildman–Crippen MR) is 104 cm³/mol. The number of carbonyl (C=O) groups is 6. The molecule has 0 saturated carbocycles. The Bertz CT molecular complexity index is 697. The molecule has 0 rings (SSSR count). The Morgan fingerprint density at radius 2 is 1.42 bits per heavy atom. The maximum atomic E-state index is 12.6. The zero-order chi connectivity index (χ0) is 24.3. The van der Waals surface area contributed by atoms with E-state index in [9.17, 15) is 33.9 Å². The summed E-state index contributed by atoms with van der Waals surface area (Å²) in [7, 11) is 0. The smallest absolute Gasteiger partial charge is 0.326 e. The lowest BCUT2D eigenvalue weighted by Crippen LogP contribution is -2.59. The van der Waals surface area contributed by atoms with E-state index in [2.05, 4.69) is 16.0 Å². The van der Waals surface area contributed by atoms with Crippen molar-refractivity contribution in [1.82, 2.24) is 16.0 Å². The van der Waals surface area contributed by atoms with E-state index in [-0.39, 0.29) is 6.42 Å². The van der Waals surface area contributed by atoms with Crippen LogP contribution < -0.4 is 27.4 Å². The van der Waals surface area contributed by atoms with Crippen LogP contribution in [0.25, 0.3) is 0 Å². The number of carboxylic acids is 2. The summed E-state index contributed by atoms with van der Waals surface area (Å²) >= 11 is 0. The Hall–Kier alpha value is -3.26. The van der Waals surface area contributed by atoms with E-state index in [1.54, 1.807) is 13.8 Å². The van der Waals surface area contributed by atoms with Gasteiger partial charge in [-0.2, -0.15) is 0 Å². The molecule has 0 aromatic rings. The molecule has 14 nitrogen and oxygen atoms in total. The van der Waals surface area contributed by atoms with E-state index in [4.69, 9.17) is 21.7 Å². The first-order valence-corrected chi connectivity index (χ1v) is 9.30. The third-order valence-corrected chi connectivity index (χ3v) is 4.08. The van der Waals surface area contributed by atoms with E-state index in [0.29, 0.717) is 0 Å². The number of hydrogen-bond donors (Lipinski definition) is 8. The van der Waals surface area contributed by atoms with Crippen molar-refractivity contribution in [1.29, 1.82) is 0 Å². The summed E-state index contributed by atoms with van der Waals surface area (Å²) in [5.74, 6) is -7.01. The summed E-state index contributed by atoms with van der Waals surface area (Å²) in [5.41, 5.74) is 10.4. The molecular formula is C17H29N5O9. The number of aliphatic carboxylic acids is 2. The van der Waals surface area contributed by atoms with Crippen molar-refractivity contribution < 1.29 is 44.1 Å². The van der Waals surface area contributed by atoms with Gasteiger partial charge in [-0.1, -0.05) is 13.8 Å². The van der Waals surface area contributed by atoms with E-state index in [1.807, 2.05) is 0 Å².